The number of rotatable bonds is 21. The lowest BCUT2D eigenvalue weighted by Crippen LogP contribution is -2.37. The molecule has 0 aliphatic rings. The Morgan fingerprint density at radius 2 is 0.800 bits per heavy atom. The van der Waals surface area contributed by atoms with Crippen LogP contribution in [0.15, 0.2) is 69.8 Å². The fraction of sp³-hybridized carbons (Fsp3) is 0.500. The maximum absolute atomic E-state index is 13.2. The van der Waals surface area contributed by atoms with E-state index in [0.717, 1.165) is 60.5 Å². The van der Waals surface area contributed by atoms with Crippen molar-refractivity contribution in [1.29, 1.82) is 0 Å². The highest BCUT2D eigenvalue weighted by atomic mass is 16.2. The first-order chi connectivity index (χ1) is 24.0. The number of fused-ring (bicyclic) bond motifs is 2. The van der Waals surface area contributed by atoms with Crippen LogP contribution in [0.2, 0.25) is 0 Å². The van der Waals surface area contributed by atoms with Gasteiger partial charge in [0.05, 0.1) is 0 Å². The number of aryl methyl sites for hydroxylation is 4. The Morgan fingerprint density at radius 3 is 1.10 bits per heavy atom. The number of nitrogens with zero attached hydrogens (tertiary/aromatic N) is 10. The smallest absolute Gasteiger partial charge is 0.332 e. The second-order valence-electron chi connectivity index (χ2n) is 12.7. The van der Waals surface area contributed by atoms with E-state index in [1.807, 2.05) is 18.9 Å². The number of imidazole rings is 2. The predicted octanol–water partition coefficient (Wildman–Crippen LogP) is 3.36. The van der Waals surface area contributed by atoms with Crippen molar-refractivity contribution in [3.63, 3.8) is 0 Å². The van der Waals surface area contributed by atoms with E-state index in [-0.39, 0.29) is 11.1 Å². The highest BCUT2D eigenvalue weighted by Crippen LogP contribution is 2.23. The van der Waals surface area contributed by atoms with E-state index in [4.69, 9.17) is 9.97 Å². The van der Waals surface area contributed by atoms with E-state index in [1.165, 1.54) is 23.2 Å². The Balaban J connectivity index is 1.36. The second kappa shape index (κ2) is 17.0. The van der Waals surface area contributed by atoms with Gasteiger partial charge in [-0.1, -0.05) is 62.8 Å². The van der Waals surface area contributed by atoms with Crippen LogP contribution in [0, 0.1) is 0 Å². The van der Waals surface area contributed by atoms with Crippen LogP contribution in [0.5, 0.6) is 0 Å². The van der Waals surface area contributed by atoms with Crippen LogP contribution in [0.1, 0.15) is 51.4 Å². The number of anilines is 2. The van der Waals surface area contributed by atoms with Crippen LogP contribution >= 0.6 is 0 Å². The molecule has 0 N–H and O–H groups in total. The topological polar surface area (TPSA) is 130 Å². The minimum absolute atomic E-state index is 0.353. The molecule has 0 atom stereocenters. The summed E-state index contributed by atoms with van der Waals surface area (Å²) in [5.74, 6) is 1.26. The van der Waals surface area contributed by atoms with Gasteiger partial charge in [-0.05, 0) is 12.8 Å². The maximum atomic E-state index is 13.2. The summed E-state index contributed by atoms with van der Waals surface area (Å²) in [5.41, 5.74) is 0.0791. The molecule has 0 radical (unpaired) electrons. The molecular formula is C36H52N10O4. The summed E-state index contributed by atoms with van der Waals surface area (Å²) in [4.78, 5) is 65.2. The lowest BCUT2D eigenvalue weighted by atomic mass is 10.1. The summed E-state index contributed by atoms with van der Waals surface area (Å²) < 4.78 is 8.99. The zero-order chi connectivity index (χ0) is 36.5. The van der Waals surface area contributed by atoms with Gasteiger partial charge in [-0.15, -0.1) is 26.3 Å². The molecule has 0 amide bonds. The van der Waals surface area contributed by atoms with E-state index in [1.54, 1.807) is 38.4 Å². The van der Waals surface area contributed by atoms with E-state index in [2.05, 4.69) is 26.3 Å². The molecule has 4 heterocycles. The van der Waals surface area contributed by atoms with E-state index >= 15 is 0 Å². The van der Waals surface area contributed by atoms with Gasteiger partial charge in [0.15, 0.2) is 22.3 Å². The summed E-state index contributed by atoms with van der Waals surface area (Å²) in [6.45, 7) is 18.8. The number of hydrogen-bond donors (Lipinski definition) is 0. The van der Waals surface area contributed by atoms with Crippen molar-refractivity contribution in [3.8, 4) is 0 Å². The molecule has 0 saturated heterocycles. The summed E-state index contributed by atoms with van der Waals surface area (Å²) in [6.07, 6.45) is 15.1. The molecule has 4 aromatic rings. The zero-order valence-electron chi connectivity index (χ0n) is 30.1. The SMILES string of the molecule is C=CCN(CC=C)c1nc2c(c(=O)n(C)c(=O)n2C)n1CCCCCCCCCCn1c(N(CC=C)CC=C)nc2c1c(=O)n(C)c(=O)n2C. The Labute approximate surface area is 292 Å². The van der Waals surface area contributed by atoms with Gasteiger partial charge in [0.25, 0.3) is 11.1 Å². The van der Waals surface area contributed by atoms with Crippen molar-refractivity contribution in [1.82, 2.24) is 37.4 Å². The van der Waals surface area contributed by atoms with Gasteiger partial charge >= 0.3 is 11.4 Å². The van der Waals surface area contributed by atoms with Gasteiger partial charge in [-0.3, -0.25) is 27.9 Å². The monoisotopic (exact) mass is 688 g/mol. The van der Waals surface area contributed by atoms with Gasteiger partial charge in [0.1, 0.15) is 0 Å². The molecule has 4 aromatic heterocycles. The van der Waals surface area contributed by atoms with Crippen LogP contribution < -0.4 is 32.3 Å². The first-order valence-electron chi connectivity index (χ1n) is 17.3. The summed E-state index contributed by atoms with van der Waals surface area (Å²) in [7, 11) is 6.26. The van der Waals surface area contributed by atoms with Crippen LogP contribution in [0.3, 0.4) is 0 Å². The third-order valence-corrected chi connectivity index (χ3v) is 9.13. The Morgan fingerprint density at radius 1 is 0.500 bits per heavy atom. The van der Waals surface area contributed by atoms with Crippen molar-refractivity contribution in [3.05, 3.63) is 92.3 Å². The number of unbranched alkanes of at least 4 members (excludes halogenated alkanes) is 7. The number of hydrogen-bond acceptors (Lipinski definition) is 8. The van der Waals surface area contributed by atoms with Crippen LogP contribution in [0.4, 0.5) is 11.9 Å². The number of aromatic nitrogens is 8. The minimum Gasteiger partial charge on any atom is -0.335 e. The van der Waals surface area contributed by atoms with Crippen LogP contribution in [-0.4, -0.2) is 63.5 Å². The highest BCUT2D eigenvalue weighted by molar-refractivity contribution is 5.75. The van der Waals surface area contributed by atoms with Gasteiger partial charge in [0.2, 0.25) is 11.9 Å². The predicted molar refractivity (Wildman–Crippen MR) is 203 cm³/mol. The van der Waals surface area contributed by atoms with Gasteiger partial charge in [-0.2, -0.15) is 9.97 Å². The molecule has 0 unspecified atom stereocenters. The van der Waals surface area contributed by atoms with Gasteiger partial charge in [-0.25, -0.2) is 9.59 Å². The van der Waals surface area contributed by atoms with E-state index in [9.17, 15) is 19.2 Å². The molecule has 14 nitrogen and oxygen atoms in total. The molecular weight excluding hydrogens is 636 g/mol. The third kappa shape index (κ3) is 7.53. The summed E-state index contributed by atoms with van der Waals surface area (Å²) in [5, 5.41) is 0. The Hall–Kier alpha value is -5.14. The zero-order valence-corrected chi connectivity index (χ0v) is 30.1. The molecule has 0 saturated carbocycles. The van der Waals surface area contributed by atoms with Gasteiger partial charge < -0.3 is 18.9 Å². The van der Waals surface area contributed by atoms with E-state index < -0.39 is 11.4 Å². The van der Waals surface area contributed by atoms with Crippen molar-refractivity contribution in [2.45, 2.75) is 64.5 Å². The van der Waals surface area contributed by atoms with Crippen molar-refractivity contribution in [2.24, 2.45) is 28.2 Å². The Kier molecular flexibility index (Phi) is 12.8. The van der Waals surface area contributed by atoms with Crippen molar-refractivity contribution < 1.29 is 0 Å². The molecule has 0 fully saturated rings. The first kappa shape index (κ1) is 37.7. The third-order valence-electron chi connectivity index (χ3n) is 9.13. The fourth-order valence-corrected chi connectivity index (χ4v) is 6.48. The molecule has 0 bridgehead atoms. The standard InChI is InChI=1S/C36H52N10O4/c1-9-21-43(22-10-2)33-37-29-27(31(47)41(7)35(49)39(29)5)45(33)25-19-17-15-13-14-16-18-20-26-46-28-30(40(6)36(50)42(8)32(28)48)38-34(46)44(23-11-3)24-12-4/h9-12H,1-4,13-26H2,5-8H3. The van der Waals surface area contributed by atoms with Crippen molar-refractivity contribution in [2.75, 3.05) is 36.0 Å². The molecule has 0 spiro atoms. The lowest BCUT2D eigenvalue weighted by Gasteiger charge is -2.21. The molecule has 0 aliphatic carbocycles. The average molecular weight is 689 g/mol. The van der Waals surface area contributed by atoms with E-state index in [0.29, 0.717) is 73.5 Å². The minimum atomic E-state index is -0.407. The average Bonchev–Trinajstić information content (AvgIpc) is 3.68. The summed E-state index contributed by atoms with van der Waals surface area (Å²) in [6, 6.07) is 0. The molecule has 0 aromatic carbocycles. The molecule has 0 aliphatic heterocycles. The van der Waals surface area contributed by atoms with Crippen molar-refractivity contribution >= 4 is 34.2 Å². The van der Waals surface area contributed by atoms with Crippen LogP contribution in [0.25, 0.3) is 22.3 Å². The first-order valence-corrected chi connectivity index (χ1v) is 17.3. The molecule has 14 heteroatoms. The molecule has 50 heavy (non-hydrogen) atoms. The normalized spacial score (nSPS) is 11.4. The highest BCUT2D eigenvalue weighted by Gasteiger charge is 2.23. The Bertz CT molecular complexity index is 1940. The maximum Gasteiger partial charge on any atom is 0.332 e. The lowest BCUT2D eigenvalue weighted by molar-refractivity contribution is 0.528. The summed E-state index contributed by atoms with van der Waals surface area (Å²) >= 11 is 0. The quantitative estimate of drug-likeness (QED) is 0.0963. The largest absolute Gasteiger partial charge is 0.335 e. The van der Waals surface area contributed by atoms with Gasteiger partial charge in [0, 0.05) is 67.5 Å². The molecule has 270 valence electrons. The fourth-order valence-electron chi connectivity index (χ4n) is 6.48. The van der Waals surface area contributed by atoms with Crippen LogP contribution in [-0.2, 0) is 41.3 Å². The second-order valence-corrected chi connectivity index (χ2v) is 12.7. The molecule has 4 rings (SSSR count).